The molecule has 0 radical (unpaired) electrons. The molecule has 0 rings (SSSR count). The highest BCUT2D eigenvalue weighted by atomic mass is 16.4. The van der Waals surface area contributed by atoms with Crippen molar-refractivity contribution in [3.8, 4) is 0 Å². The predicted octanol–water partition coefficient (Wildman–Crippen LogP) is -2.65. The van der Waals surface area contributed by atoms with Crippen LogP contribution in [-0.2, 0) is 14.4 Å². The van der Waals surface area contributed by atoms with Gasteiger partial charge < -0.3 is 21.1 Å². The van der Waals surface area contributed by atoms with Gasteiger partial charge in [0.05, 0.1) is 6.10 Å². The summed E-state index contributed by atoms with van der Waals surface area (Å²) < 4.78 is 0. The van der Waals surface area contributed by atoms with Crippen LogP contribution in [0.1, 0.15) is 13.8 Å². The molecule has 0 spiro atoms. The number of hydrogen-bond donors (Lipinski definition) is 4. The highest BCUT2D eigenvalue weighted by Gasteiger charge is 2.35. The van der Waals surface area contributed by atoms with Crippen LogP contribution in [0.15, 0.2) is 0 Å². The normalized spacial score (nSPS) is 18.3. The molecule has 0 aliphatic rings. The summed E-state index contributed by atoms with van der Waals surface area (Å²) in [4.78, 5) is 33.1. The van der Waals surface area contributed by atoms with E-state index in [1.807, 2.05) is 0 Å². The van der Waals surface area contributed by atoms with Crippen LogP contribution >= 0.6 is 0 Å². The van der Waals surface area contributed by atoms with Gasteiger partial charge in [0.2, 0.25) is 17.5 Å². The Kier molecular flexibility index (Phi) is 5.22. The second kappa shape index (κ2) is 5.69. The average molecular weight is 233 g/mol. The fourth-order valence-corrected chi connectivity index (χ4v) is 0.907. The lowest BCUT2D eigenvalue weighted by Gasteiger charge is -2.19. The molecule has 0 fully saturated rings. The van der Waals surface area contributed by atoms with Gasteiger partial charge in [0.15, 0.2) is 0 Å². The number of nitrogens with two attached hydrogens (primary N) is 1. The molecule has 4 atom stereocenters. The van der Waals surface area contributed by atoms with Gasteiger partial charge in [-0.25, -0.2) is 0 Å². The summed E-state index contributed by atoms with van der Waals surface area (Å²) in [5, 5.41) is 27.3. The quantitative estimate of drug-likeness (QED) is 0.292. The van der Waals surface area contributed by atoms with Crippen LogP contribution in [-0.4, -0.2) is 51.1 Å². The van der Waals surface area contributed by atoms with Crippen LogP contribution < -0.4 is 5.73 Å². The number of aliphatic hydroxyl groups is 3. The van der Waals surface area contributed by atoms with E-state index in [1.54, 1.807) is 0 Å². The number of aliphatic hydroxyl groups excluding tert-OH is 3. The highest BCUT2D eigenvalue weighted by molar-refractivity contribution is 6.42. The van der Waals surface area contributed by atoms with E-state index in [2.05, 4.69) is 0 Å². The minimum absolute atomic E-state index is 1.00. The van der Waals surface area contributed by atoms with Crippen LogP contribution in [0.25, 0.3) is 0 Å². The summed E-state index contributed by atoms with van der Waals surface area (Å²) in [7, 11) is 0. The monoisotopic (exact) mass is 233 g/mol. The van der Waals surface area contributed by atoms with E-state index < -0.39 is 41.7 Å². The van der Waals surface area contributed by atoms with Gasteiger partial charge in [-0.15, -0.1) is 0 Å². The Balaban J connectivity index is 4.68. The minimum Gasteiger partial charge on any atom is -0.391 e. The number of hydrogen-bond acceptors (Lipinski definition) is 6. The zero-order valence-corrected chi connectivity index (χ0v) is 8.95. The Morgan fingerprint density at radius 2 is 1.44 bits per heavy atom. The van der Waals surface area contributed by atoms with Crippen molar-refractivity contribution >= 4 is 17.5 Å². The second-order valence-corrected chi connectivity index (χ2v) is 3.53. The molecule has 0 aliphatic carbocycles. The first kappa shape index (κ1) is 14.7. The molecule has 0 heterocycles. The standard InChI is InChI=1S/C9H15NO6/c1-3(9(10)16)5(12)7(14)8(15)6(13)4(2)11/h3-4,6,8,11,13,15H,1-2H3,(H2,10,16)/t3?,4-,6-,8+/m1/s1. The van der Waals surface area contributed by atoms with Gasteiger partial charge >= 0.3 is 0 Å². The van der Waals surface area contributed by atoms with E-state index in [-0.39, 0.29) is 0 Å². The average Bonchev–Trinajstić information content (AvgIpc) is 2.23. The number of rotatable bonds is 6. The Bertz CT molecular complexity index is 300. The van der Waals surface area contributed by atoms with E-state index in [9.17, 15) is 19.5 Å². The van der Waals surface area contributed by atoms with E-state index in [1.165, 1.54) is 0 Å². The molecule has 7 heteroatoms. The summed E-state index contributed by atoms with van der Waals surface area (Å²) >= 11 is 0. The Morgan fingerprint density at radius 3 is 1.75 bits per heavy atom. The topological polar surface area (TPSA) is 138 Å². The van der Waals surface area contributed by atoms with Crippen molar-refractivity contribution in [2.45, 2.75) is 32.2 Å². The summed E-state index contributed by atoms with van der Waals surface area (Å²) in [6, 6.07) is 0. The lowest BCUT2D eigenvalue weighted by atomic mass is 9.95. The van der Waals surface area contributed by atoms with Gasteiger partial charge in [-0.05, 0) is 13.8 Å². The zero-order valence-electron chi connectivity index (χ0n) is 8.95. The Morgan fingerprint density at radius 1 is 1.00 bits per heavy atom. The fraction of sp³-hybridized carbons (Fsp3) is 0.667. The van der Waals surface area contributed by atoms with Gasteiger partial charge in [-0.2, -0.15) is 0 Å². The molecule has 7 nitrogen and oxygen atoms in total. The van der Waals surface area contributed by atoms with Crippen molar-refractivity contribution in [2.24, 2.45) is 11.7 Å². The molecular formula is C9H15NO6. The molecule has 0 aromatic carbocycles. The third kappa shape index (κ3) is 3.37. The van der Waals surface area contributed by atoms with Crippen LogP contribution in [0.5, 0.6) is 0 Å². The van der Waals surface area contributed by atoms with Gasteiger partial charge in [0.1, 0.15) is 18.1 Å². The molecule has 1 amide bonds. The van der Waals surface area contributed by atoms with E-state index >= 15 is 0 Å². The molecule has 1 unspecified atom stereocenters. The number of carbonyl (C=O) groups excluding carboxylic acids is 3. The van der Waals surface area contributed by atoms with E-state index in [0.717, 1.165) is 13.8 Å². The third-order valence-electron chi connectivity index (χ3n) is 2.15. The van der Waals surface area contributed by atoms with Gasteiger partial charge in [0, 0.05) is 0 Å². The van der Waals surface area contributed by atoms with Crippen LogP contribution in [0, 0.1) is 5.92 Å². The number of amides is 1. The van der Waals surface area contributed by atoms with E-state index in [4.69, 9.17) is 15.9 Å². The molecule has 0 saturated heterocycles. The molecule has 92 valence electrons. The molecular weight excluding hydrogens is 218 g/mol. The molecule has 0 aromatic heterocycles. The second-order valence-electron chi connectivity index (χ2n) is 3.53. The summed E-state index contributed by atoms with van der Waals surface area (Å²) in [5.41, 5.74) is 4.81. The van der Waals surface area contributed by atoms with Crippen molar-refractivity contribution in [3.05, 3.63) is 0 Å². The SMILES string of the molecule is CC(C(N)=O)C(=O)C(=O)[C@@H](O)[C@H](O)[C@@H](C)O. The predicted molar refractivity (Wildman–Crippen MR) is 52.1 cm³/mol. The minimum atomic E-state index is -2.06. The number of Topliss-reactive ketones (excluding diaryl/α,β-unsaturated/α-hetero) is 2. The molecule has 16 heavy (non-hydrogen) atoms. The van der Waals surface area contributed by atoms with Crippen molar-refractivity contribution in [1.82, 2.24) is 0 Å². The highest BCUT2D eigenvalue weighted by Crippen LogP contribution is 2.06. The van der Waals surface area contributed by atoms with Crippen molar-refractivity contribution in [2.75, 3.05) is 0 Å². The number of ketones is 2. The lowest BCUT2D eigenvalue weighted by Crippen LogP contribution is -2.46. The molecule has 0 aliphatic heterocycles. The Hall–Kier alpha value is -1.31. The number of primary amides is 1. The molecule has 0 bridgehead atoms. The first-order valence-corrected chi connectivity index (χ1v) is 4.61. The summed E-state index contributed by atoms with van der Waals surface area (Å²) in [6.07, 6.45) is -5.22. The van der Waals surface area contributed by atoms with Gasteiger partial charge in [0.25, 0.3) is 0 Å². The zero-order chi connectivity index (χ0) is 13.0. The van der Waals surface area contributed by atoms with Crippen LogP contribution in [0.2, 0.25) is 0 Å². The summed E-state index contributed by atoms with van der Waals surface area (Å²) in [6.45, 7) is 2.26. The molecule has 0 aromatic rings. The summed E-state index contributed by atoms with van der Waals surface area (Å²) in [5.74, 6) is -4.92. The fourth-order valence-electron chi connectivity index (χ4n) is 0.907. The Labute approximate surface area is 91.9 Å². The first-order chi connectivity index (χ1) is 7.20. The molecule has 5 N–H and O–H groups in total. The van der Waals surface area contributed by atoms with Crippen LogP contribution in [0.4, 0.5) is 0 Å². The molecule has 0 saturated carbocycles. The number of carbonyl (C=O) groups is 3. The van der Waals surface area contributed by atoms with Crippen molar-refractivity contribution in [3.63, 3.8) is 0 Å². The van der Waals surface area contributed by atoms with E-state index in [0.29, 0.717) is 0 Å². The third-order valence-corrected chi connectivity index (χ3v) is 2.15. The van der Waals surface area contributed by atoms with Crippen molar-refractivity contribution in [1.29, 1.82) is 0 Å². The maximum atomic E-state index is 11.3. The maximum absolute atomic E-state index is 11.3. The maximum Gasteiger partial charge on any atom is 0.230 e. The lowest BCUT2D eigenvalue weighted by molar-refractivity contribution is -0.151. The van der Waals surface area contributed by atoms with Gasteiger partial charge in [-0.1, -0.05) is 0 Å². The van der Waals surface area contributed by atoms with Gasteiger partial charge in [-0.3, -0.25) is 14.4 Å². The first-order valence-electron chi connectivity index (χ1n) is 4.61. The largest absolute Gasteiger partial charge is 0.391 e. The smallest absolute Gasteiger partial charge is 0.230 e. The van der Waals surface area contributed by atoms with Crippen LogP contribution in [0.3, 0.4) is 0 Å². The van der Waals surface area contributed by atoms with Crippen molar-refractivity contribution < 1.29 is 29.7 Å².